The van der Waals surface area contributed by atoms with Gasteiger partial charge in [0.1, 0.15) is 17.7 Å². The second-order valence-corrected chi connectivity index (χ2v) is 9.66. The predicted molar refractivity (Wildman–Crippen MR) is 126 cm³/mol. The van der Waals surface area contributed by atoms with Crippen LogP contribution in [0.3, 0.4) is 0 Å². The number of benzene rings is 2. The highest BCUT2D eigenvalue weighted by Gasteiger charge is 2.34. The van der Waals surface area contributed by atoms with Crippen LogP contribution in [-0.4, -0.2) is 59.9 Å². The van der Waals surface area contributed by atoms with Crippen molar-refractivity contribution in [2.24, 2.45) is 0 Å². The largest absolute Gasteiger partial charge is 0.368 e. The molecule has 2 aromatic carbocycles. The Morgan fingerprint density at radius 1 is 1.09 bits per heavy atom. The van der Waals surface area contributed by atoms with Crippen molar-refractivity contribution in [2.45, 2.75) is 51.8 Å². The van der Waals surface area contributed by atoms with E-state index in [1.807, 2.05) is 24.8 Å². The molecule has 2 heterocycles. The van der Waals surface area contributed by atoms with Crippen molar-refractivity contribution in [3.63, 3.8) is 0 Å². The molecule has 5 nitrogen and oxygen atoms in total. The van der Waals surface area contributed by atoms with Gasteiger partial charge in [0, 0.05) is 61.9 Å². The second-order valence-electron chi connectivity index (χ2n) is 9.22. The summed E-state index contributed by atoms with van der Waals surface area (Å²) < 4.78 is 32.7. The molecule has 1 amide bonds. The van der Waals surface area contributed by atoms with Gasteiger partial charge < -0.3 is 9.64 Å². The SMILES string of the molecule is Cc1c(CC(=O)c2cc(F)cc(F)c2)cc(Cl)cc1CN1CCN(C(=O)[C@H]2CCCO2)[C@@H](C)C1. The summed E-state index contributed by atoms with van der Waals surface area (Å²) in [6.45, 7) is 7.35. The van der Waals surface area contributed by atoms with Crippen LogP contribution in [0.2, 0.25) is 5.02 Å². The first kappa shape index (κ1) is 24.8. The maximum atomic E-state index is 13.5. The predicted octanol–water partition coefficient (Wildman–Crippen LogP) is 4.56. The molecule has 0 bridgehead atoms. The Bertz CT molecular complexity index is 1070. The third-order valence-electron chi connectivity index (χ3n) is 6.72. The Morgan fingerprint density at radius 3 is 2.44 bits per heavy atom. The Labute approximate surface area is 203 Å². The van der Waals surface area contributed by atoms with E-state index in [0.717, 1.165) is 60.8 Å². The van der Waals surface area contributed by atoms with Gasteiger partial charge in [0.2, 0.25) is 0 Å². The Morgan fingerprint density at radius 2 is 1.79 bits per heavy atom. The molecule has 0 spiro atoms. The zero-order valence-corrected chi connectivity index (χ0v) is 20.2. The molecule has 0 saturated carbocycles. The molecule has 0 aliphatic carbocycles. The molecule has 2 aromatic rings. The molecule has 2 fully saturated rings. The summed E-state index contributed by atoms with van der Waals surface area (Å²) >= 11 is 6.37. The second kappa shape index (κ2) is 10.5. The molecule has 2 aliphatic rings. The van der Waals surface area contributed by atoms with Crippen LogP contribution in [0.1, 0.15) is 46.8 Å². The van der Waals surface area contributed by atoms with Gasteiger partial charge in [-0.05, 0) is 67.6 Å². The molecule has 2 aliphatic heterocycles. The Kier molecular flexibility index (Phi) is 7.65. The van der Waals surface area contributed by atoms with Gasteiger partial charge in [0.05, 0.1) is 0 Å². The number of halogens is 3. The lowest BCUT2D eigenvalue weighted by molar-refractivity contribution is -0.145. The van der Waals surface area contributed by atoms with E-state index in [2.05, 4.69) is 4.90 Å². The van der Waals surface area contributed by atoms with E-state index in [4.69, 9.17) is 16.3 Å². The average Bonchev–Trinajstić information content (AvgIpc) is 3.31. The number of ether oxygens (including phenoxy) is 1. The van der Waals surface area contributed by atoms with Gasteiger partial charge in [-0.3, -0.25) is 14.5 Å². The summed E-state index contributed by atoms with van der Waals surface area (Å²) in [6, 6.07) is 6.52. The summed E-state index contributed by atoms with van der Waals surface area (Å²) in [5.74, 6) is -1.85. The zero-order valence-electron chi connectivity index (χ0n) is 19.5. The van der Waals surface area contributed by atoms with Gasteiger partial charge in [0.25, 0.3) is 5.91 Å². The molecule has 2 atom stereocenters. The first-order valence-corrected chi connectivity index (χ1v) is 12.0. The van der Waals surface area contributed by atoms with E-state index < -0.39 is 11.6 Å². The minimum absolute atomic E-state index is 0.000665. The van der Waals surface area contributed by atoms with Crippen LogP contribution in [0.4, 0.5) is 8.78 Å². The van der Waals surface area contributed by atoms with Gasteiger partial charge >= 0.3 is 0 Å². The summed E-state index contributed by atoms with van der Waals surface area (Å²) in [4.78, 5) is 29.7. The fourth-order valence-electron chi connectivity index (χ4n) is 4.84. The average molecular weight is 491 g/mol. The first-order chi connectivity index (χ1) is 16.2. The van der Waals surface area contributed by atoms with E-state index in [1.54, 1.807) is 6.07 Å². The van der Waals surface area contributed by atoms with Crippen molar-refractivity contribution in [3.8, 4) is 0 Å². The van der Waals surface area contributed by atoms with Crippen molar-refractivity contribution >= 4 is 23.3 Å². The fraction of sp³-hybridized carbons (Fsp3) is 0.462. The molecular formula is C26H29ClF2N2O3. The highest BCUT2D eigenvalue weighted by atomic mass is 35.5. The lowest BCUT2D eigenvalue weighted by atomic mass is 9.95. The van der Waals surface area contributed by atoms with Crippen LogP contribution in [0.25, 0.3) is 0 Å². The first-order valence-electron chi connectivity index (χ1n) is 11.6. The minimum atomic E-state index is -0.780. The molecule has 0 N–H and O–H groups in total. The van der Waals surface area contributed by atoms with Crippen molar-refractivity contribution < 1.29 is 23.1 Å². The molecule has 4 rings (SSSR count). The van der Waals surface area contributed by atoms with E-state index in [-0.39, 0.29) is 35.8 Å². The van der Waals surface area contributed by atoms with E-state index in [9.17, 15) is 18.4 Å². The summed E-state index contributed by atoms with van der Waals surface area (Å²) in [7, 11) is 0. The van der Waals surface area contributed by atoms with Crippen LogP contribution in [0, 0.1) is 18.6 Å². The van der Waals surface area contributed by atoms with Crippen molar-refractivity contribution in [3.05, 3.63) is 69.2 Å². The lowest BCUT2D eigenvalue weighted by Crippen LogP contribution is -2.55. The monoisotopic (exact) mass is 490 g/mol. The number of Topliss-reactive ketones (excluding diaryl/α,β-unsaturated/α-hetero) is 1. The third-order valence-corrected chi connectivity index (χ3v) is 6.94. The van der Waals surface area contributed by atoms with Gasteiger partial charge in [-0.2, -0.15) is 0 Å². The number of carbonyl (C=O) groups is 2. The maximum absolute atomic E-state index is 13.5. The number of hydrogen-bond acceptors (Lipinski definition) is 4. The van der Waals surface area contributed by atoms with Crippen LogP contribution in [0.5, 0.6) is 0 Å². The van der Waals surface area contributed by atoms with Crippen molar-refractivity contribution in [1.82, 2.24) is 9.80 Å². The molecule has 0 radical (unpaired) electrons. The number of ketones is 1. The van der Waals surface area contributed by atoms with E-state index in [0.29, 0.717) is 24.7 Å². The normalized spacial score (nSPS) is 21.1. The maximum Gasteiger partial charge on any atom is 0.252 e. The number of rotatable bonds is 6. The van der Waals surface area contributed by atoms with Crippen LogP contribution in [-0.2, 0) is 22.5 Å². The molecule has 8 heteroatoms. The van der Waals surface area contributed by atoms with Crippen molar-refractivity contribution in [2.75, 3.05) is 26.2 Å². The van der Waals surface area contributed by atoms with E-state index >= 15 is 0 Å². The van der Waals surface area contributed by atoms with E-state index in [1.165, 1.54) is 0 Å². The van der Waals surface area contributed by atoms with Crippen LogP contribution in [0.15, 0.2) is 30.3 Å². The summed E-state index contributed by atoms with van der Waals surface area (Å²) in [6.07, 6.45) is 1.41. The Hall–Kier alpha value is -2.35. The van der Waals surface area contributed by atoms with Gasteiger partial charge in [0.15, 0.2) is 5.78 Å². The summed E-state index contributed by atoms with van der Waals surface area (Å²) in [5.41, 5.74) is 2.66. The van der Waals surface area contributed by atoms with Gasteiger partial charge in [-0.15, -0.1) is 0 Å². The third kappa shape index (κ3) is 5.65. The Balaban J connectivity index is 1.44. The highest BCUT2D eigenvalue weighted by molar-refractivity contribution is 6.30. The number of carbonyl (C=O) groups excluding carboxylic acids is 2. The molecule has 0 unspecified atom stereocenters. The molecule has 182 valence electrons. The quantitative estimate of drug-likeness (QED) is 0.557. The standard InChI is InChI=1S/C26H29ClF2N2O3/c1-16-14-30(5-6-31(16)26(33)25-4-3-7-34-25)15-20-9-21(27)8-18(17(20)2)12-24(32)19-10-22(28)13-23(29)11-19/h8-11,13,16,25H,3-7,12,14-15H2,1-2H3/t16-,25+/m0/s1. The zero-order chi connectivity index (χ0) is 24.4. The molecule has 0 aromatic heterocycles. The molecular weight excluding hydrogens is 462 g/mol. The lowest BCUT2D eigenvalue weighted by Gasteiger charge is -2.41. The fourth-order valence-corrected chi connectivity index (χ4v) is 5.10. The number of hydrogen-bond donors (Lipinski definition) is 0. The highest BCUT2D eigenvalue weighted by Crippen LogP contribution is 2.25. The van der Waals surface area contributed by atoms with Crippen molar-refractivity contribution in [1.29, 1.82) is 0 Å². The van der Waals surface area contributed by atoms with Gasteiger partial charge in [-0.1, -0.05) is 11.6 Å². The van der Waals surface area contributed by atoms with Crippen LogP contribution < -0.4 is 0 Å². The molecule has 2 saturated heterocycles. The van der Waals surface area contributed by atoms with Gasteiger partial charge in [-0.25, -0.2) is 8.78 Å². The number of nitrogens with zero attached hydrogens (tertiary/aromatic N) is 2. The number of piperazine rings is 1. The summed E-state index contributed by atoms with van der Waals surface area (Å²) in [5, 5.41) is 0.508. The topological polar surface area (TPSA) is 49.9 Å². The number of amides is 1. The smallest absolute Gasteiger partial charge is 0.252 e. The van der Waals surface area contributed by atoms with Crippen LogP contribution >= 0.6 is 11.6 Å². The minimum Gasteiger partial charge on any atom is -0.368 e. The molecule has 34 heavy (non-hydrogen) atoms.